The number of benzene rings is 2. The summed E-state index contributed by atoms with van der Waals surface area (Å²) in [6.07, 6.45) is 0.742. The summed E-state index contributed by atoms with van der Waals surface area (Å²) in [7, 11) is 0. The molecular formula is C25H27NO6. The highest BCUT2D eigenvalue weighted by molar-refractivity contribution is 5.97. The van der Waals surface area contributed by atoms with E-state index in [1.165, 1.54) is 12.1 Å². The van der Waals surface area contributed by atoms with Crippen molar-refractivity contribution in [2.45, 2.75) is 47.1 Å². The molecule has 168 valence electrons. The minimum atomic E-state index is -0.754. The predicted molar refractivity (Wildman–Crippen MR) is 121 cm³/mol. The predicted octanol–water partition coefficient (Wildman–Crippen LogP) is 4.23. The van der Waals surface area contributed by atoms with Crippen LogP contribution in [0.15, 0.2) is 45.6 Å². The summed E-state index contributed by atoms with van der Waals surface area (Å²) in [5.41, 5.74) is 2.47. The van der Waals surface area contributed by atoms with Crippen LogP contribution < -0.4 is 20.4 Å². The van der Waals surface area contributed by atoms with E-state index in [9.17, 15) is 14.4 Å². The van der Waals surface area contributed by atoms with Gasteiger partial charge in [-0.15, -0.1) is 0 Å². The first kappa shape index (κ1) is 23.1. The first-order chi connectivity index (χ1) is 15.2. The van der Waals surface area contributed by atoms with E-state index in [1.807, 2.05) is 46.8 Å². The van der Waals surface area contributed by atoms with Gasteiger partial charge in [0.25, 0.3) is 5.91 Å². The van der Waals surface area contributed by atoms with Gasteiger partial charge in [0.1, 0.15) is 22.6 Å². The van der Waals surface area contributed by atoms with Gasteiger partial charge in [0.05, 0.1) is 0 Å². The zero-order valence-corrected chi connectivity index (χ0v) is 18.9. The van der Waals surface area contributed by atoms with E-state index in [-0.39, 0.29) is 29.5 Å². The quantitative estimate of drug-likeness (QED) is 0.338. The number of esters is 1. The summed E-state index contributed by atoms with van der Waals surface area (Å²) in [4.78, 5) is 36.8. The highest BCUT2D eigenvalue weighted by Gasteiger charge is 2.16. The molecule has 0 saturated heterocycles. The van der Waals surface area contributed by atoms with Crippen molar-refractivity contribution in [3.8, 4) is 11.5 Å². The molecule has 1 amide bonds. The van der Waals surface area contributed by atoms with Gasteiger partial charge in [-0.25, -0.2) is 9.59 Å². The summed E-state index contributed by atoms with van der Waals surface area (Å²) >= 11 is 0. The minimum absolute atomic E-state index is 0.0610. The maximum Gasteiger partial charge on any atom is 0.349 e. The van der Waals surface area contributed by atoms with Gasteiger partial charge in [-0.1, -0.05) is 13.0 Å². The molecule has 0 spiro atoms. The van der Waals surface area contributed by atoms with Crippen molar-refractivity contribution in [3.63, 3.8) is 0 Å². The molecular weight excluding hydrogens is 410 g/mol. The number of fused-ring (bicyclic) bond motifs is 1. The number of hydrogen-bond acceptors (Lipinski definition) is 6. The van der Waals surface area contributed by atoms with Crippen LogP contribution in [-0.2, 0) is 4.79 Å². The molecule has 1 N–H and O–H groups in total. The van der Waals surface area contributed by atoms with E-state index in [2.05, 4.69) is 5.32 Å². The molecule has 1 unspecified atom stereocenters. The summed E-state index contributed by atoms with van der Waals surface area (Å²) < 4.78 is 16.2. The number of carbonyl (C=O) groups is 2. The van der Waals surface area contributed by atoms with E-state index < -0.39 is 17.5 Å². The van der Waals surface area contributed by atoms with Gasteiger partial charge < -0.3 is 19.2 Å². The van der Waals surface area contributed by atoms with Gasteiger partial charge in [-0.2, -0.15) is 0 Å². The Morgan fingerprint density at radius 3 is 2.56 bits per heavy atom. The van der Waals surface area contributed by atoms with Gasteiger partial charge in [0.15, 0.2) is 6.61 Å². The van der Waals surface area contributed by atoms with E-state index in [0.717, 1.165) is 23.1 Å². The van der Waals surface area contributed by atoms with E-state index in [4.69, 9.17) is 13.9 Å². The van der Waals surface area contributed by atoms with Gasteiger partial charge >= 0.3 is 11.6 Å². The van der Waals surface area contributed by atoms with Crippen LogP contribution >= 0.6 is 0 Å². The van der Waals surface area contributed by atoms with E-state index in [1.54, 1.807) is 12.1 Å². The third kappa shape index (κ3) is 5.35. The Kier molecular flexibility index (Phi) is 6.98. The highest BCUT2D eigenvalue weighted by Crippen LogP contribution is 2.24. The Balaban J connectivity index is 1.72. The number of aryl methyl sites for hydroxylation is 2. The SMILES string of the molecule is CCC(C)NC(=O)c1cc2ccc(OC(=O)COc3cc(C)cc(C)c3C)cc2oc1=O. The fraction of sp³-hybridized carbons (Fsp3) is 0.320. The number of hydrogen-bond donors (Lipinski definition) is 1. The molecule has 3 aromatic rings. The molecule has 0 aliphatic rings. The molecule has 1 heterocycles. The maximum atomic E-state index is 12.3. The molecule has 1 atom stereocenters. The lowest BCUT2D eigenvalue weighted by molar-refractivity contribution is -0.136. The van der Waals surface area contributed by atoms with Crippen LogP contribution in [0.25, 0.3) is 11.0 Å². The molecule has 3 rings (SSSR count). The molecule has 0 radical (unpaired) electrons. The average molecular weight is 437 g/mol. The third-order valence-corrected chi connectivity index (χ3v) is 5.28. The van der Waals surface area contributed by atoms with E-state index >= 15 is 0 Å². The second-order valence-electron chi connectivity index (χ2n) is 7.90. The van der Waals surface area contributed by atoms with Crippen molar-refractivity contribution >= 4 is 22.8 Å². The van der Waals surface area contributed by atoms with Crippen molar-refractivity contribution in [3.05, 3.63) is 69.1 Å². The van der Waals surface area contributed by atoms with Crippen LogP contribution in [0.2, 0.25) is 0 Å². The molecule has 2 aromatic carbocycles. The number of carbonyl (C=O) groups excluding carboxylic acids is 2. The molecule has 1 aromatic heterocycles. The number of ether oxygens (including phenoxy) is 2. The van der Waals surface area contributed by atoms with Crippen LogP contribution in [0.5, 0.6) is 11.5 Å². The standard InChI is InChI=1S/C25H27NO6/c1-6-16(4)26-24(28)20-11-18-7-8-19(12-22(18)32-25(20)29)31-23(27)13-30-21-10-14(2)9-15(3)17(21)5/h7-12,16H,6,13H2,1-5H3,(H,26,28). The Bertz CT molecular complexity index is 1230. The zero-order valence-electron chi connectivity index (χ0n) is 18.9. The highest BCUT2D eigenvalue weighted by atomic mass is 16.6. The lowest BCUT2D eigenvalue weighted by Gasteiger charge is -2.12. The minimum Gasteiger partial charge on any atom is -0.482 e. The molecule has 0 saturated carbocycles. The van der Waals surface area contributed by atoms with Crippen LogP contribution in [0.4, 0.5) is 0 Å². The fourth-order valence-corrected chi connectivity index (χ4v) is 3.17. The summed E-state index contributed by atoms with van der Waals surface area (Å²) in [6, 6.07) is 9.95. The summed E-state index contributed by atoms with van der Waals surface area (Å²) in [5, 5.41) is 3.29. The van der Waals surface area contributed by atoms with Crippen LogP contribution in [0.3, 0.4) is 0 Å². The second-order valence-corrected chi connectivity index (χ2v) is 7.90. The Labute approximate surface area is 186 Å². The maximum absolute atomic E-state index is 12.3. The van der Waals surface area contributed by atoms with Crippen molar-refractivity contribution < 1.29 is 23.5 Å². The van der Waals surface area contributed by atoms with Crippen LogP contribution in [0.1, 0.15) is 47.3 Å². The average Bonchev–Trinajstić information content (AvgIpc) is 2.74. The van der Waals surface area contributed by atoms with Crippen LogP contribution in [0, 0.1) is 20.8 Å². The summed E-state index contributed by atoms with van der Waals surface area (Å²) in [5.74, 6) is -0.227. The fourth-order valence-electron chi connectivity index (χ4n) is 3.17. The Hall–Kier alpha value is -3.61. The summed E-state index contributed by atoms with van der Waals surface area (Å²) in [6.45, 7) is 9.39. The zero-order chi connectivity index (χ0) is 23.4. The molecule has 0 aliphatic carbocycles. The number of rotatable bonds is 7. The van der Waals surface area contributed by atoms with Gasteiger partial charge in [0.2, 0.25) is 0 Å². The van der Waals surface area contributed by atoms with Gasteiger partial charge in [0, 0.05) is 17.5 Å². The molecule has 0 aliphatic heterocycles. The first-order valence-electron chi connectivity index (χ1n) is 10.5. The largest absolute Gasteiger partial charge is 0.482 e. The molecule has 0 fully saturated rings. The Morgan fingerprint density at radius 1 is 1.09 bits per heavy atom. The second kappa shape index (κ2) is 9.68. The topological polar surface area (TPSA) is 94.8 Å². The number of amides is 1. The number of nitrogens with one attached hydrogen (secondary N) is 1. The van der Waals surface area contributed by atoms with Crippen molar-refractivity contribution in [2.75, 3.05) is 6.61 Å². The normalized spacial score (nSPS) is 11.8. The van der Waals surface area contributed by atoms with Crippen molar-refractivity contribution in [1.29, 1.82) is 0 Å². The monoisotopic (exact) mass is 437 g/mol. The first-order valence-corrected chi connectivity index (χ1v) is 10.5. The van der Waals surface area contributed by atoms with Gasteiger partial charge in [-0.05, 0) is 75.1 Å². The lowest BCUT2D eigenvalue weighted by atomic mass is 10.1. The molecule has 32 heavy (non-hydrogen) atoms. The molecule has 7 heteroatoms. The van der Waals surface area contributed by atoms with Crippen LogP contribution in [-0.4, -0.2) is 24.5 Å². The smallest absolute Gasteiger partial charge is 0.349 e. The van der Waals surface area contributed by atoms with Gasteiger partial charge in [-0.3, -0.25) is 4.79 Å². The van der Waals surface area contributed by atoms with Crippen molar-refractivity contribution in [2.24, 2.45) is 0 Å². The molecule has 0 bridgehead atoms. The molecule has 7 nitrogen and oxygen atoms in total. The Morgan fingerprint density at radius 2 is 1.84 bits per heavy atom. The van der Waals surface area contributed by atoms with Crippen molar-refractivity contribution in [1.82, 2.24) is 5.32 Å². The lowest BCUT2D eigenvalue weighted by Crippen LogP contribution is -2.34. The third-order valence-electron chi connectivity index (χ3n) is 5.28. The van der Waals surface area contributed by atoms with E-state index in [0.29, 0.717) is 11.1 Å².